The molecule has 5 N–H and O–H groups in total. The molecular weight excluding hydrogens is 254 g/mol. The Hall–Kier alpha value is -2.41. The number of carboxylic acids is 3. The summed E-state index contributed by atoms with van der Waals surface area (Å²) in [6, 6.07) is 6.72. The van der Waals surface area contributed by atoms with E-state index < -0.39 is 24.3 Å². The van der Waals surface area contributed by atoms with Gasteiger partial charge in [-0.25, -0.2) is 4.79 Å². The van der Waals surface area contributed by atoms with Gasteiger partial charge in [-0.2, -0.15) is 0 Å². The molecule has 7 nitrogen and oxygen atoms in total. The van der Waals surface area contributed by atoms with Gasteiger partial charge in [0.05, 0.1) is 18.5 Å². The van der Waals surface area contributed by atoms with Gasteiger partial charge in [0.1, 0.15) is 0 Å². The molecule has 0 atom stereocenters. The first-order valence-electron chi connectivity index (χ1n) is 5.40. The van der Waals surface area contributed by atoms with E-state index >= 15 is 0 Å². The number of carboxylic acid groups (broad SMARTS) is 3. The molecule has 0 fully saturated rings. The lowest BCUT2D eigenvalue weighted by molar-refractivity contribution is -0.386. The molecule has 0 spiro atoms. The molecule has 1 rings (SSSR count). The summed E-state index contributed by atoms with van der Waals surface area (Å²) in [6.07, 6.45) is -0.766. The summed E-state index contributed by atoms with van der Waals surface area (Å²) < 4.78 is 0. The second kappa shape index (κ2) is 8.65. The second-order valence-electron chi connectivity index (χ2n) is 3.52. The number of benzene rings is 1. The third-order valence-electron chi connectivity index (χ3n) is 2.03. The summed E-state index contributed by atoms with van der Waals surface area (Å²) in [7, 11) is 0. The van der Waals surface area contributed by atoms with Gasteiger partial charge in [0.25, 0.3) is 0 Å². The van der Waals surface area contributed by atoms with Crippen molar-refractivity contribution in [2.45, 2.75) is 19.4 Å². The molecule has 1 aromatic rings. The van der Waals surface area contributed by atoms with Crippen molar-refractivity contribution in [2.24, 2.45) is 0 Å². The van der Waals surface area contributed by atoms with E-state index in [9.17, 15) is 19.5 Å². The van der Waals surface area contributed by atoms with Crippen molar-refractivity contribution < 1.29 is 35.4 Å². The number of hydrogen-bond acceptors (Lipinski definition) is 4. The maximum Gasteiger partial charge on any atom is 0.335 e. The van der Waals surface area contributed by atoms with Crippen molar-refractivity contribution in [3.05, 3.63) is 35.4 Å². The predicted molar refractivity (Wildman–Crippen MR) is 61.9 cm³/mol. The van der Waals surface area contributed by atoms with Crippen LogP contribution in [0.4, 0.5) is 0 Å². The average Bonchev–Trinajstić information content (AvgIpc) is 2.37. The fourth-order valence-electron chi connectivity index (χ4n) is 1.02. The largest absolute Gasteiger partial charge is 0.550 e. The highest BCUT2D eigenvalue weighted by Crippen LogP contribution is 2.02. The van der Waals surface area contributed by atoms with Gasteiger partial charge in [0.2, 0.25) is 0 Å². The highest BCUT2D eigenvalue weighted by molar-refractivity contribution is 5.87. The Morgan fingerprint density at radius 2 is 1.58 bits per heavy atom. The Balaban J connectivity index is 0.000000362. The Bertz CT molecular complexity index is 426. The first kappa shape index (κ1) is 16.6. The minimum Gasteiger partial charge on any atom is -0.550 e. The Labute approximate surface area is 109 Å². The minimum atomic E-state index is -1.33. The van der Waals surface area contributed by atoms with Crippen molar-refractivity contribution in [3.63, 3.8) is 0 Å². The van der Waals surface area contributed by atoms with Crippen molar-refractivity contribution in [2.75, 3.05) is 0 Å². The van der Waals surface area contributed by atoms with Crippen LogP contribution in [0.1, 0.15) is 28.8 Å². The minimum absolute atomic E-state index is 0.321. The molecular formula is C12H15NO6. The molecule has 0 heterocycles. The number of hydrogen-bond donors (Lipinski definition) is 3. The monoisotopic (exact) mass is 269 g/mol. The topological polar surface area (TPSA) is 142 Å². The van der Waals surface area contributed by atoms with Gasteiger partial charge in [0.15, 0.2) is 0 Å². The van der Waals surface area contributed by atoms with E-state index in [2.05, 4.69) is 5.73 Å². The predicted octanol–water partition coefficient (Wildman–Crippen LogP) is -1.27. The zero-order chi connectivity index (χ0) is 14.8. The third kappa shape index (κ3) is 8.33. The fourth-order valence-corrected chi connectivity index (χ4v) is 1.02. The molecule has 1 aromatic carbocycles. The number of quaternary nitrogens is 1. The molecule has 0 aliphatic carbocycles. The van der Waals surface area contributed by atoms with E-state index in [-0.39, 0.29) is 6.42 Å². The van der Waals surface area contributed by atoms with E-state index in [1.807, 2.05) is 0 Å². The standard InChI is InChI=1S/C8H9NO2.C4H6O4/c9-5-6-1-3-7(4-2-6)8(10)11;5-3(6)1-2-4(7)8/h1-4H,5,9H2,(H,10,11);1-2H2,(H,5,6)(H,7,8). The van der Waals surface area contributed by atoms with Crippen LogP contribution < -0.4 is 10.8 Å². The molecule has 7 heteroatoms. The molecule has 0 aromatic heterocycles. The van der Waals surface area contributed by atoms with E-state index in [4.69, 9.17) is 10.2 Å². The zero-order valence-electron chi connectivity index (χ0n) is 10.2. The normalized spacial score (nSPS) is 9.11. The SMILES string of the molecule is O=C([O-])CCC(=O)O.[NH3+]Cc1ccc(C(=O)O)cc1. The van der Waals surface area contributed by atoms with E-state index in [1.54, 1.807) is 24.3 Å². The Morgan fingerprint density at radius 1 is 1.05 bits per heavy atom. The lowest BCUT2D eigenvalue weighted by Crippen LogP contribution is -2.47. The Kier molecular flexibility index (Phi) is 7.55. The number of aromatic carboxylic acids is 1. The average molecular weight is 269 g/mol. The van der Waals surface area contributed by atoms with E-state index in [0.29, 0.717) is 12.1 Å². The first-order valence-corrected chi connectivity index (χ1v) is 5.40. The molecule has 0 unspecified atom stereocenters. The van der Waals surface area contributed by atoms with E-state index in [1.165, 1.54) is 0 Å². The number of carbonyl (C=O) groups is 3. The number of carbonyl (C=O) groups excluding carboxylic acids is 1. The first-order chi connectivity index (χ1) is 8.86. The molecule has 0 amide bonds. The lowest BCUT2D eigenvalue weighted by Gasteiger charge is -1.94. The molecule has 19 heavy (non-hydrogen) atoms. The summed E-state index contributed by atoms with van der Waals surface area (Å²) in [6.45, 7) is 0.694. The van der Waals surface area contributed by atoms with Crippen LogP contribution in [0.15, 0.2) is 24.3 Å². The third-order valence-corrected chi connectivity index (χ3v) is 2.03. The van der Waals surface area contributed by atoms with Crippen LogP contribution in [0, 0.1) is 0 Å². The van der Waals surface area contributed by atoms with Crippen LogP contribution in [-0.4, -0.2) is 28.1 Å². The summed E-state index contributed by atoms with van der Waals surface area (Å²) >= 11 is 0. The molecule has 0 saturated heterocycles. The lowest BCUT2D eigenvalue weighted by atomic mass is 10.1. The number of rotatable bonds is 5. The molecule has 0 aliphatic heterocycles. The van der Waals surface area contributed by atoms with Crippen LogP contribution >= 0.6 is 0 Å². The molecule has 0 radical (unpaired) electrons. The summed E-state index contributed by atoms with van der Waals surface area (Å²) in [4.78, 5) is 29.5. The van der Waals surface area contributed by atoms with Crippen LogP contribution in [0.3, 0.4) is 0 Å². The number of aliphatic carboxylic acids is 2. The second-order valence-corrected chi connectivity index (χ2v) is 3.52. The van der Waals surface area contributed by atoms with Gasteiger partial charge in [-0.15, -0.1) is 0 Å². The maximum absolute atomic E-state index is 10.4. The van der Waals surface area contributed by atoms with Crippen molar-refractivity contribution in [1.29, 1.82) is 0 Å². The molecule has 0 bridgehead atoms. The van der Waals surface area contributed by atoms with Crippen LogP contribution in [0.25, 0.3) is 0 Å². The van der Waals surface area contributed by atoms with Gasteiger partial charge in [-0.1, -0.05) is 12.1 Å². The van der Waals surface area contributed by atoms with Gasteiger partial charge >= 0.3 is 11.9 Å². The van der Waals surface area contributed by atoms with Gasteiger partial charge in [0, 0.05) is 11.5 Å². The van der Waals surface area contributed by atoms with Crippen molar-refractivity contribution in [1.82, 2.24) is 0 Å². The highest BCUT2D eigenvalue weighted by Gasteiger charge is 2.00. The molecule has 0 saturated carbocycles. The van der Waals surface area contributed by atoms with E-state index in [0.717, 1.165) is 5.56 Å². The van der Waals surface area contributed by atoms with Gasteiger partial charge in [-0.3, -0.25) is 4.79 Å². The summed E-state index contributed by atoms with van der Waals surface area (Å²) in [5.41, 5.74) is 5.06. The van der Waals surface area contributed by atoms with Gasteiger partial charge in [-0.05, 0) is 18.6 Å². The quantitative estimate of drug-likeness (QED) is 0.608. The van der Waals surface area contributed by atoms with Crippen molar-refractivity contribution in [3.8, 4) is 0 Å². The van der Waals surface area contributed by atoms with Crippen LogP contribution in [-0.2, 0) is 16.1 Å². The summed E-state index contributed by atoms with van der Waals surface area (Å²) in [5.74, 6) is -3.33. The fraction of sp³-hybridized carbons (Fsp3) is 0.250. The van der Waals surface area contributed by atoms with Crippen molar-refractivity contribution >= 4 is 17.9 Å². The van der Waals surface area contributed by atoms with Gasteiger partial charge < -0.3 is 25.8 Å². The molecule has 104 valence electrons. The smallest absolute Gasteiger partial charge is 0.335 e. The summed E-state index contributed by atoms with van der Waals surface area (Å²) in [5, 5.41) is 25.9. The zero-order valence-corrected chi connectivity index (χ0v) is 10.2. The molecule has 0 aliphatic rings. The Morgan fingerprint density at radius 3 is 1.84 bits per heavy atom. The van der Waals surface area contributed by atoms with Crippen LogP contribution in [0.2, 0.25) is 0 Å². The maximum atomic E-state index is 10.4. The highest BCUT2D eigenvalue weighted by atomic mass is 16.4. The van der Waals surface area contributed by atoms with Crippen LogP contribution in [0.5, 0.6) is 0 Å².